The van der Waals surface area contributed by atoms with E-state index in [-0.39, 0.29) is 19.1 Å². The fraction of sp³-hybridized carbons (Fsp3) is 0.182. The van der Waals surface area contributed by atoms with Crippen molar-refractivity contribution < 1.29 is 14.3 Å². The molecule has 2 amide bonds. The van der Waals surface area contributed by atoms with Gasteiger partial charge in [0.25, 0.3) is 0 Å². The van der Waals surface area contributed by atoms with Crippen molar-refractivity contribution in [3.05, 3.63) is 72.7 Å². The number of hydrogen-bond acceptors (Lipinski definition) is 5. The Kier molecular flexibility index (Phi) is 5.67. The van der Waals surface area contributed by atoms with Crippen LogP contribution in [0, 0.1) is 0 Å². The number of para-hydroxylation sites is 1. The van der Waals surface area contributed by atoms with Crippen LogP contribution in [0.2, 0.25) is 0 Å². The molecule has 0 spiro atoms. The van der Waals surface area contributed by atoms with Crippen LogP contribution in [0.15, 0.2) is 67.1 Å². The molecular weight excluding hydrogens is 382 g/mol. The summed E-state index contributed by atoms with van der Waals surface area (Å²) in [4.78, 5) is 29.7. The highest BCUT2D eigenvalue weighted by molar-refractivity contribution is 5.93. The maximum atomic E-state index is 12.7. The molecule has 2 aromatic heterocycles. The Morgan fingerprint density at radius 3 is 2.73 bits per heavy atom. The van der Waals surface area contributed by atoms with Gasteiger partial charge < -0.3 is 15.4 Å². The number of ether oxygens (including phenoxy) is 1. The van der Waals surface area contributed by atoms with E-state index in [2.05, 4.69) is 4.98 Å². The lowest BCUT2D eigenvalue weighted by Crippen LogP contribution is -2.50. The molecule has 1 aliphatic heterocycles. The number of pyridine rings is 1. The normalized spacial score (nSPS) is 16.7. The van der Waals surface area contributed by atoms with Crippen molar-refractivity contribution in [1.29, 1.82) is 0 Å². The van der Waals surface area contributed by atoms with Crippen LogP contribution in [0.1, 0.15) is 5.56 Å². The third-order valence-electron chi connectivity index (χ3n) is 4.80. The number of carbonyl (C=O) groups is 2. The molecule has 8 nitrogen and oxygen atoms in total. The van der Waals surface area contributed by atoms with E-state index in [1.165, 1.54) is 6.08 Å². The van der Waals surface area contributed by atoms with E-state index in [4.69, 9.17) is 15.6 Å². The minimum absolute atomic E-state index is 0.150. The summed E-state index contributed by atoms with van der Waals surface area (Å²) < 4.78 is 7.07. The Morgan fingerprint density at radius 2 is 2.00 bits per heavy atom. The molecular formula is C22H21N5O3. The number of aromatic nitrogens is 3. The molecule has 2 N–H and O–H groups in total. The summed E-state index contributed by atoms with van der Waals surface area (Å²) in [5.41, 5.74) is 8.55. The van der Waals surface area contributed by atoms with Crippen LogP contribution in [0.3, 0.4) is 0 Å². The summed E-state index contributed by atoms with van der Waals surface area (Å²) in [5, 5.41) is 4.70. The van der Waals surface area contributed by atoms with Gasteiger partial charge in [-0.05, 0) is 30.3 Å². The lowest BCUT2D eigenvalue weighted by Gasteiger charge is -2.30. The molecule has 0 aliphatic carbocycles. The maximum Gasteiger partial charge on any atom is 0.248 e. The van der Waals surface area contributed by atoms with Crippen LogP contribution in [-0.2, 0) is 14.3 Å². The number of carbonyl (C=O) groups excluding carboxylic acids is 2. The molecule has 0 bridgehead atoms. The number of benzene rings is 1. The molecule has 8 heteroatoms. The zero-order valence-electron chi connectivity index (χ0n) is 16.2. The standard InChI is InChI=1S/C22H21N5O3/c23-22(29)19-15-26(11-12-30-19)20(28)9-8-17-14-27(18-6-2-1-3-7-18)25-21(17)16-5-4-10-24-13-16/h1-10,13-14,19H,11-12,15H2,(H2,23,29)/b9-8+. The maximum absolute atomic E-state index is 12.7. The van der Waals surface area contributed by atoms with Crippen molar-refractivity contribution in [2.45, 2.75) is 6.10 Å². The first-order chi connectivity index (χ1) is 14.6. The SMILES string of the molecule is NC(=O)C1CN(C(=O)/C=C/c2cn(-c3ccccc3)nc2-c2cccnc2)CCO1. The van der Waals surface area contributed by atoms with Gasteiger partial charge in [0.2, 0.25) is 11.8 Å². The van der Waals surface area contributed by atoms with Crippen LogP contribution in [-0.4, -0.2) is 57.3 Å². The number of primary amides is 1. The molecule has 1 aromatic carbocycles. The fourth-order valence-corrected chi connectivity index (χ4v) is 3.24. The van der Waals surface area contributed by atoms with Gasteiger partial charge in [-0.3, -0.25) is 14.6 Å². The highest BCUT2D eigenvalue weighted by atomic mass is 16.5. The van der Waals surface area contributed by atoms with Gasteiger partial charge in [0.15, 0.2) is 6.10 Å². The number of nitrogens with two attached hydrogens (primary N) is 1. The number of nitrogens with zero attached hydrogens (tertiary/aromatic N) is 4. The third-order valence-corrected chi connectivity index (χ3v) is 4.80. The number of hydrogen-bond donors (Lipinski definition) is 1. The van der Waals surface area contributed by atoms with Crippen molar-refractivity contribution in [3.8, 4) is 16.9 Å². The molecule has 4 rings (SSSR count). The predicted octanol–water partition coefficient (Wildman–Crippen LogP) is 1.66. The van der Waals surface area contributed by atoms with Crippen LogP contribution < -0.4 is 5.73 Å². The fourth-order valence-electron chi connectivity index (χ4n) is 3.24. The van der Waals surface area contributed by atoms with E-state index in [0.717, 1.165) is 16.8 Å². The van der Waals surface area contributed by atoms with Crippen LogP contribution in [0.25, 0.3) is 23.0 Å². The summed E-state index contributed by atoms with van der Waals surface area (Å²) in [7, 11) is 0. The van der Waals surface area contributed by atoms with Gasteiger partial charge in [-0.2, -0.15) is 5.10 Å². The number of morpholine rings is 1. The van der Waals surface area contributed by atoms with Crippen LogP contribution in [0.5, 0.6) is 0 Å². The van der Waals surface area contributed by atoms with Crippen molar-refractivity contribution in [2.75, 3.05) is 19.7 Å². The number of rotatable bonds is 5. The average molecular weight is 403 g/mol. The van der Waals surface area contributed by atoms with Gasteiger partial charge >= 0.3 is 0 Å². The van der Waals surface area contributed by atoms with E-state index in [0.29, 0.717) is 12.2 Å². The predicted molar refractivity (Wildman–Crippen MR) is 111 cm³/mol. The van der Waals surface area contributed by atoms with Crippen molar-refractivity contribution in [2.24, 2.45) is 5.73 Å². The van der Waals surface area contributed by atoms with Crippen LogP contribution in [0.4, 0.5) is 0 Å². The lowest BCUT2D eigenvalue weighted by molar-refractivity contribution is -0.142. The molecule has 0 radical (unpaired) electrons. The van der Waals surface area contributed by atoms with Gasteiger partial charge in [0.05, 0.1) is 18.8 Å². The molecule has 1 saturated heterocycles. The van der Waals surface area contributed by atoms with E-state index in [9.17, 15) is 9.59 Å². The molecule has 1 fully saturated rings. The Bertz CT molecular complexity index is 1060. The summed E-state index contributed by atoms with van der Waals surface area (Å²) in [5.74, 6) is -0.784. The Hall–Kier alpha value is -3.78. The smallest absolute Gasteiger partial charge is 0.248 e. The monoisotopic (exact) mass is 403 g/mol. The minimum Gasteiger partial charge on any atom is -0.367 e. The molecule has 3 heterocycles. The molecule has 152 valence electrons. The molecule has 0 saturated carbocycles. The quantitative estimate of drug-likeness (QED) is 0.653. The first kappa shape index (κ1) is 19.5. The van der Waals surface area contributed by atoms with E-state index in [1.807, 2.05) is 48.7 Å². The second-order valence-electron chi connectivity index (χ2n) is 6.83. The third kappa shape index (κ3) is 4.28. The lowest BCUT2D eigenvalue weighted by atomic mass is 10.1. The second kappa shape index (κ2) is 8.71. The largest absolute Gasteiger partial charge is 0.367 e. The van der Waals surface area contributed by atoms with E-state index < -0.39 is 12.0 Å². The van der Waals surface area contributed by atoms with E-state index >= 15 is 0 Å². The van der Waals surface area contributed by atoms with Gasteiger partial charge in [-0.15, -0.1) is 0 Å². The van der Waals surface area contributed by atoms with Gasteiger partial charge in [-0.1, -0.05) is 18.2 Å². The topological polar surface area (TPSA) is 103 Å². The highest BCUT2D eigenvalue weighted by Crippen LogP contribution is 2.24. The molecule has 3 aromatic rings. The Balaban J connectivity index is 1.62. The van der Waals surface area contributed by atoms with Crippen LogP contribution >= 0.6 is 0 Å². The van der Waals surface area contributed by atoms with Gasteiger partial charge in [0.1, 0.15) is 5.69 Å². The number of amides is 2. The molecule has 1 atom stereocenters. The van der Waals surface area contributed by atoms with Crippen molar-refractivity contribution in [3.63, 3.8) is 0 Å². The van der Waals surface area contributed by atoms with Crippen molar-refractivity contribution >= 4 is 17.9 Å². The summed E-state index contributed by atoms with van der Waals surface area (Å²) in [6, 6.07) is 13.5. The zero-order chi connectivity index (χ0) is 20.9. The molecule has 30 heavy (non-hydrogen) atoms. The summed E-state index contributed by atoms with van der Waals surface area (Å²) >= 11 is 0. The van der Waals surface area contributed by atoms with Gasteiger partial charge in [0, 0.05) is 42.3 Å². The first-order valence-electron chi connectivity index (χ1n) is 9.55. The zero-order valence-corrected chi connectivity index (χ0v) is 16.2. The van der Waals surface area contributed by atoms with Gasteiger partial charge in [-0.25, -0.2) is 4.68 Å². The van der Waals surface area contributed by atoms with Crippen molar-refractivity contribution in [1.82, 2.24) is 19.7 Å². The molecule has 1 unspecified atom stereocenters. The minimum atomic E-state index is -0.775. The summed E-state index contributed by atoms with van der Waals surface area (Å²) in [6.45, 7) is 0.836. The van der Waals surface area contributed by atoms with E-state index in [1.54, 1.807) is 28.1 Å². The second-order valence-corrected chi connectivity index (χ2v) is 6.83. The molecule has 1 aliphatic rings. The highest BCUT2D eigenvalue weighted by Gasteiger charge is 2.26. The Labute approximate surface area is 173 Å². The summed E-state index contributed by atoms with van der Waals surface area (Å²) in [6.07, 6.45) is 7.73. The first-order valence-corrected chi connectivity index (χ1v) is 9.55. The average Bonchev–Trinajstić information content (AvgIpc) is 3.23. The Morgan fingerprint density at radius 1 is 1.17 bits per heavy atom.